The van der Waals surface area contributed by atoms with Gasteiger partial charge in [0.2, 0.25) is 0 Å². The molecule has 1 aliphatic carbocycles. The number of hydrogen-bond donors (Lipinski definition) is 1. The van der Waals surface area contributed by atoms with Crippen LogP contribution in [0.3, 0.4) is 0 Å². The Labute approximate surface area is 143 Å². The Hall–Kier alpha value is -1.48. The summed E-state index contributed by atoms with van der Waals surface area (Å²) in [4.78, 5) is 12.6. The summed E-state index contributed by atoms with van der Waals surface area (Å²) in [5.74, 6) is 0.494. The zero-order valence-electron chi connectivity index (χ0n) is 13.3. The maximum Gasteiger partial charge on any atom is 0.167 e. The van der Waals surface area contributed by atoms with Gasteiger partial charge in [0.1, 0.15) is 29.7 Å². The van der Waals surface area contributed by atoms with E-state index in [9.17, 15) is 0 Å². The Balaban J connectivity index is 1.59. The third-order valence-electron chi connectivity index (χ3n) is 5.18. The van der Waals surface area contributed by atoms with Crippen molar-refractivity contribution >= 4 is 28.6 Å². The molecule has 0 aromatic carbocycles. The first-order chi connectivity index (χ1) is 11.5. The van der Waals surface area contributed by atoms with Crippen molar-refractivity contribution in [3.05, 3.63) is 12.7 Å². The predicted molar refractivity (Wildman–Crippen MR) is 85.2 cm³/mol. The molecule has 2 aromatic heterocycles. The number of hydrogen-bond acceptors (Lipinski definition) is 7. The Morgan fingerprint density at radius 2 is 2.12 bits per heavy atom. The van der Waals surface area contributed by atoms with Crippen LogP contribution in [0, 0.1) is 5.92 Å². The average Bonchev–Trinajstić information content (AvgIpc) is 2.78. The third kappa shape index (κ3) is 1.82. The van der Waals surface area contributed by atoms with E-state index in [0.29, 0.717) is 22.9 Å². The van der Waals surface area contributed by atoms with E-state index in [1.165, 1.54) is 6.33 Å². The lowest BCUT2D eigenvalue weighted by molar-refractivity contribution is -0.203. The molecule has 2 unspecified atom stereocenters. The Bertz CT molecular complexity index is 827. The lowest BCUT2D eigenvalue weighted by atomic mass is 10.1. The molecule has 2 N–H and O–H groups in total. The molecule has 1 spiro atoms. The lowest BCUT2D eigenvalue weighted by Gasteiger charge is -2.25. The van der Waals surface area contributed by atoms with Gasteiger partial charge < -0.3 is 19.9 Å². The molecule has 24 heavy (non-hydrogen) atoms. The van der Waals surface area contributed by atoms with Crippen LogP contribution in [0.4, 0.5) is 5.82 Å². The molecule has 0 bridgehead atoms. The highest BCUT2D eigenvalue weighted by atomic mass is 35.5. The molecule has 2 aromatic rings. The fourth-order valence-electron chi connectivity index (χ4n) is 4.01. The fraction of sp³-hybridized carbons (Fsp3) is 0.667. The van der Waals surface area contributed by atoms with Gasteiger partial charge in [-0.1, -0.05) is 0 Å². The zero-order valence-corrected chi connectivity index (χ0v) is 14.1. The highest BCUT2D eigenvalue weighted by molar-refractivity contribution is 6.18. The second kappa shape index (κ2) is 4.57. The summed E-state index contributed by atoms with van der Waals surface area (Å²) in [6.45, 7) is 3.83. The summed E-state index contributed by atoms with van der Waals surface area (Å²) >= 11 is 6.09. The number of nitrogens with zero attached hydrogens (tertiary/aromatic N) is 4. The molecule has 2 saturated heterocycles. The van der Waals surface area contributed by atoms with Crippen molar-refractivity contribution < 1.29 is 14.2 Å². The van der Waals surface area contributed by atoms with Crippen molar-refractivity contribution in [2.75, 3.05) is 11.6 Å². The van der Waals surface area contributed by atoms with Crippen LogP contribution in [0.15, 0.2) is 12.7 Å². The standard InChI is InChI=1S/C15H18ClN5O3/c1-14(2)22-9-10(23-14)15(3-7(15)4-16)24-13(9)21-6-20-8-11(17)18-5-19-12(8)21/h5-7,9-10,13H,3-4H2,1-2H3,(H2,17,18,19)/t7-,9?,10+,13?,15+/m0/s1. The molecule has 0 amide bonds. The number of rotatable bonds is 2. The van der Waals surface area contributed by atoms with Crippen LogP contribution in [0.25, 0.3) is 11.2 Å². The van der Waals surface area contributed by atoms with Crippen LogP contribution >= 0.6 is 11.6 Å². The molecule has 0 radical (unpaired) electrons. The van der Waals surface area contributed by atoms with E-state index in [-0.39, 0.29) is 30.0 Å². The van der Waals surface area contributed by atoms with E-state index < -0.39 is 5.79 Å². The molecule has 3 fully saturated rings. The maximum atomic E-state index is 6.40. The van der Waals surface area contributed by atoms with Crippen molar-refractivity contribution in [3.63, 3.8) is 0 Å². The van der Waals surface area contributed by atoms with E-state index in [0.717, 1.165) is 6.42 Å². The van der Waals surface area contributed by atoms with Gasteiger partial charge in [-0.2, -0.15) is 0 Å². The lowest BCUT2D eigenvalue weighted by Crippen LogP contribution is -2.33. The van der Waals surface area contributed by atoms with E-state index in [1.54, 1.807) is 6.33 Å². The van der Waals surface area contributed by atoms with Gasteiger partial charge in [-0.3, -0.25) is 4.57 Å². The number of aromatic nitrogens is 4. The van der Waals surface area contributed by atoms with Gasteiger partial charge in [-0.15, -0.1) is 11.6 Å². The van der Waals surface area contributed by atoms with Gasteiger partial charge in [0.25, 0.3) is 0 Å². The first-order valence-electron chi connectivity index (χ1n) is 7.97. The molecule has 2 aliphatic heterocycles. The molecule has 5 rings (SSSR count). The Morgan fingerprint density at radius 1 is 1.29 bits per heavy atom. The van der Waals surface area contributed by atoms with Crippen LogP contribution < -0.4 is 5.73 Å². The van der Waals surface area contributed by atoms with Crippen LogP contribution in [-0.2, 0) is 14.2 Å². The van der Waals surface area contributed by atoms with Crippen LogP contribution in [0.1, 0.15) is 26.5 Å². The minimum Gasteiger partial charge on any atom is -0.382 e. The van der Waals surface area contributed by atoms with E-state index in [4.69, 9.17) is 31.5 Å². The second-order valence-electron chi connectivity index (χ2n) is 7.12. The number of nitrogens with two attached hydrogens (primary N) is 1. The van der Waals surface area contributed by atoms with Crippen molar-refractivity contribution in [1.82, 2.24) is 19.5 Å². The monoisotopic (exact) mass is 351 g/mol. The molecular weight excluding hydrogens is 334 g/mol. The largest absolute Gasteiger partial charge is 0.382 e. The number of imidazole rings is 1. The van der Waals surface area contributed by atoms with Crippen LogP contribution in [-0.4, -0.2) is 49.0 Å². The topological polar surface area (TPSA) is 97.3 Å². The summed E-state index contributed by atoms with van der Waals surface area (Å²) < 4.78 is 20.6. The number of halogens is 1. The molecule has 3 aliphatic rings. The highest BCUT2D eigenvalue weighted by Crippen LogP contribution is 2.62. The van der Waals surface area contributed by atoms with E-state index in [2.05, 4.69) is 15.0 Å². The average molecular weight is 352 g/mol. The number of nitrogen functional groups attached to an aromatic ring is 1. The Morgan fingerprint density at radius 3 is 2.88 bits per heavy atom. The molecular formula is C15H18ClN5O3. The van der Waals surface area contributed by atoms with Gasteiger partial charge in [0, 0.05) is 11.8 Å². The first-order valence-corrected chi connectivity index (χ1v) is 8.51. The van der Waals surface area contributed by atoms with E-state index >= 15 is 0 Å². The molecule has 5 atom stereocenters. The summed E-state index contributed by atoms with van der Waals surface area (Å²) in [7, 11) is 0. The predicted octanol–water partition coefficient (Wildman–Crippen LogP) is 1.45. The zero-order chi connectivity index (χ0) is 16.7. The van der Waals surface area contributed by atoms with Gasteiger partial charge >= 0.3 is 0 Å². The quantitative estimate of drug-likeness (QED) is 0.818. The number of fused-ring (bicyclic) bond motifs is 3. The van der Waals surface area contributed by atoms with Gasteiger partial charge in [-0.25, -0.2) is 15.0 Å². The fourth-order valence-corrected chi connectivity index (χ4v) is 4.38. The first kappa shape index (κ1) is 14.8. The normalized spacial score (nSPS) is 39.6. The molecule has 1 saturated carbocycles. The van der Waals surface area contributed by atoms with Gasteiger partial charge in [-0.05, 0) is 20.3 Å². The van der Waals surface area contributed by atoms with Crippen molar-refractivity contribution in [1.29, 1.82) is 0 Å². The highest BCUT2D eigenvalue weighted by Gasteiger charge is 2.73. The number of ether oxygens (including phenoxy) is 3. The number of anilines is 1. The maximum absolute atomic E-state index is 6.40. The van der Waals surface area contributed by atoms with Crippen LogP contribution in [0.5, 0.6) is 0 Å². The Kier molecular flexibility index (Phi) is 2.82. The minimum atomic E-state index is -0.659. The summed E-state index contributed by atoms with van der Waals surface area (Å²) in [6.07, 6.45) is 3.18. The van der Waals surface area contributed by atoms with Crippen LogP contribution in [0.2, 0.25) is 0 Å². The SMILES string of the molecule is CC1(C)OC2C(n3cnc4c(N)ncnc43)O[C@@]3(C[C@H]3CCl)[C@@H]2O1. The summed E-state index contributed by atoms with van der Waals surface area (Å²) in [5, 5.41) is 0. The summed E-state index contributed by atoms with van der Waals surface area (Å²) in [6, 6.07) is 0. The molecule has 128 valence electrons. The third-order valence-corrected chi connectivity index (χ3v) is 5.55. The summed E-state index contributed by atoms with van der Waals surface area (Å²) in [5.41, 5.74) is 6.68. The molecule has 4 heterocycles. The smallest absolute Gasteiger partial charge is 0.167 e. The van der Waals surface area contributed by atoms with E-state index in [1.807, 2.05) is 18.4 Å². The van der Waals surface area contributed by atoms with Crippen molar-refractivity contribution in [2.45, 2.75) is 50.1 Å². The molecule has 9 heteroatoms. The minimum absolute atomic E-state index is 0.155. The molecule has 8 nitrogen and oxygen atoms in total. The second-order valence-corrected chi connectivity index (χ2v) is 7.43. The van der Waals surface area contributed by atoms with Gasteiger partial charge in [0.05, 0.1) is 6.33 Å². The van der Waals surface area contributed by atoms with Crippen molar-refractivity contribution in [3.8, 4) is 0 Å². The number of alkyl halides is 1. The van der Waals surface area contributed by atoms with Gasteiger partial charge in [0.15, 0.2) is 23.5 Å². The van der Waals surface area contributed by atoms with Crippen molar-refractivity contribution in [2.24, 2.45) is 5.92 Å².